The monoisotopic (exact) mass is 314 g/mol. The van der Waals surface area contributed by atoms with E-state index in [1.54, 1.807) is 6.92 Å². The third kappa shape index (κ3) is 6.57. The number of thioether (sulfide) groups is 1. The molecule has 7 heteroatoms. The summed E-state index contributed by atoms with van der Waals surface area (Å²) in [5.74, 6) is 0.890. The van der Waals surface area contributed by atoms with Crippen molar-refractivity contribution in [2.24, 2.45) is 0 Å². The Balaban J connectivity index is 2.21. The lowest BCUT2D eigenvalue weighted by Crippen LogP contribution is -2.35. The van der Waals surface area contributed by atoms with E-state index in [4.69, 9.17) is 9.52 Å². The predicted octanol–water partition coefficient (Wildman–Crippen LogP) is 2.62. The van der Waals surface area contributed by atoms with Crippen LogP contribution in [0, 0.1) is 6.92 Å². The summed E-state index contributed by atoms with van der Waals surface area (Å²) in [6.07, 6.45) is 5.30. The van der Waals surface area contributed by atoms with Crippen molar-refractivity contribution in [2.75, 3.05) is 18.6 Å². The fraction of sp³-hybridized carbons (Fsp3) is 0.571. The quantitative estimate of drug-likeness (QED) is 0.609. The van der Waals surface area contributed by atoms with Crippen LogP contribution in [-0.2, 0) is 6.54 Å². The number of aryl methyl sites for hydroxylation is 1. The van der Waals surface area contributed by atoms with Crippen molar-refractivity contribution in [2.45, 2.75) is 32.7 Å². The van der Waals surface area contributed by atoms with Gasteiger partial charge in [0.1, 0.15) is 17.1 Å². The van der Waals surface area contributed by atoms with Crippen LogP contribution < -0.4 is 10.6 Å². The zero-order valence-electron chi connectivity index (χ0n) is 12.4. The second kappa shape index (κ2) is 9.33. The molecule has 0 fully saturated rings. The fourth-order valence-corrected chi connectivity index (χ4v) is 2.32. The van der Waals surface area contributed by atoms with Crippen molar-refractivity contribution in [3.05, 3.63) is 23.2 Å². The molecule has 0 aromatic carbocycles. The highest BCUT2D eigenvalue weighted by atomic mass is 32.2. The van der Waals surface area contributed by atoms with E-state index in [2.05, 4.69) is 16.9 Å². The van der Waals surface area contributed by atoms with Gasteiger partial charge >= 0.3 is 12.0 Å². The Hall–Kier alpha value is -1.63. The molecular formula is C14H22N2O4S. The standard InChI is InChI=1S/C14H22N2O4S/c1-10-12(13(17)18)8-11(20-10)9-16-14(19)15-6-4-3-5-7-21-2/h8H,3-7,9H2,1-2H3,(H,17,18)(H2,15,16,19). The van der Waals surface area contributed by atoms with Gasteiger partial charge in [-0.3, -0.25) is 0 Å². The number of hydrogen-bond acceptors (Lipinski definition) is 4. The number of carbonyl (C=O) groups is 2. The van der Waals surface area contributed by atoms with Crippen LogP contribution >= 0.6 is 11.8 Å². The number of carboxylic acids is 1. The zero-order valence-corrected chi connectivity index (χ0v) is 13.2. The second-order valence-corrected chi connectivity index (χ2v) is 5.64. The Bertz CT molecular complexity index is 474. The van der Waals surface area contributed by atoms with Gasteiger partial charge in [-0.25, -0.2) is 9.59 Å². The smallest absolute Gasteiger partial charge is 0.339 e. The van der Waals surface area contributed by atoms with Gasteiger partial charge in [0.25, 0.3) is 0 Å². The number of nitrogens with one attached hydrogen (secondary N) is 2. The lowest BCUT2D eigenvalue weighted by Gasteiger charge is -2.06. The average molecular weight is 314 g/mol. The molecule has 1 heterocycles. The molecule has 1 rings (SSSR count). The number of unbranched alkanes of at least 4 members (excludes halogenated alkanes) is 2. The molecule has 0 saturated carbocycles. The molecular weight excluding hydrogens is 292 g/mol. The van der Waals surface area contributed by atoms with E-state index in [0.29, 0.717) is 18.1 Å². The molecule has 2 amide bonds. The minimum Gasteiger partial charge on any atom is -0.478 e. The minimum atomic E-state index is -1.03. The van der Waals surface area contributed by atoms with Gasteiger partial charge in [-0.15, -0.1) is 0 Å². The van der Waals surface area contributed by atoms with E-state index < -0.39 is 5.97 Å². The average Bonchev–Trinajstić information content (AvgIpc) is 2.82. The van der Waals surface area contributed by atoms with Crippen molar-refractivity contribution in [3.63, 3.8) is 0 Å². The van der Waals surface area contributed by atoms with Crippen LogP contribution in [0.4, 0.5) is 4.79 Å². The van der Waals surface area contributed by atoms with Crippen molar-refractivity contribution < 1.29 is 19.1 Å². The summed E-state index contributed by atoms with van der Waals surface area (Å²) in [7, 11) is 0. The van der Waals surface area contributed by atoms with Gasteiger partial charge in [0, 0.05) is 6.54 Å². The van der Waals surface area contributed by atoms with E-state index in [1.807, 2.05) is 11.8 Å². The topological polar surface area (TPSA) is 91.6 Å². The number of amides is 2. The van der Waals surface area contributed by atoms with Crippen LogP contribution in [0.2, 0.25) is 0 Å². The highest BCUT2D eigenvalue weighted by Gasteiger charge is 2.13. The molecule has 21 heavy (non-hydrogen) atoms. The number of hydrogen-bond donors (Lipinski definition) is 3. The number of rotatable bonds is 9. The van der Waals surface area contributed by atoms with Crippen LogP contribution in [0.1, 0.15) is 41.1 Å². The summed E-state index contributed by atoms with van der Waals surface area (Å²) in [6, 6.07) is 1.16. The summed E-state index contributed by atoms with van der Waals surface area (Å²) in [4.78, 5) is 22.4. The molecule has 1 aromatic heterocycles. The van der Waals surface area contributed by atoms with Crippen LogP contribution in [0.25, 0.3) is 0 Å². The maximum atomic E-state index is 11.5. The highest BCUT2D eigenvalue weighted by Crippen LogP contribution is 2.14. The molecule has 1 aromatic rings. The molecule has 0 aliphatic rings. The van der Waals surface area contributed by atoms with Crippen LogP contribution in [0.3, 0.4) is 0 Å². The lowest BCUT2D eigenvalue weighted by molar-refractivity contribution is 0.0695. The fourth-order valence-electron chi connectivity index (χ4n) is 1.82. The van der Waals surface area contributed by atoms with E-state index in [0.717, 1.165) is 25.0 Å². The van der Waals surface area contributed by atoms with Crippen molar-refractivity contribution in [1.29, 1.82) is 0 Å². The Morgan fingerprint density at radius 1 is 1.29 bits per heavy atom. The second-order valence-electron chi connectivity index (χ2n) is 4.65. The third-order valence-electron chi connectivity index (χ3n) is 2.93. The van der Waals surface area contributed by atoms with Crippen LogP contribution in [-0.4, -0.2) is 35.7 Å². The van der Waals surface area contributed by atoms with Gasteiger partial charge in [-0.2, -0.15) is 11.8 Å². The minimum absolute atomic E-state index is 0.126. The Kier molecular flexibility index (Phi) is 7.74. The maximum Gasteiger partial charge on any atom is 0.339 e. The molecule has 118 valence electrons. The Labute approximate surface area is 128 Å². The predicted molar refractivity (Wildman–Crippen MR) is 82.9 cm³/mol. The third-order valence-corrected chi connectivity index (χ3v) is 3.63. The van der Waals surface area contributed by atoms with Crippen molar-refractivity contribution in [1.82, 2.24) is 10.6 Å². The van der Waals surface area contributed by atoms with Gasteiger partial charge in [0.2, 0.25) is 0 Å². The summed E-state index contributed by atoms with van der Waals surface area (Å²) >= 11 is 1.82. The summed E-state index contributed by atoms with van der Waals surface area (Å²) in [5.41, 5.74) is 0.126. The zero-order chi connectivity index (χ0) is 15.7. The van der Waals surface area contributed by atoms with Crippen LogP contribution in [0.5, 0.6) is 0 Å². The molecule has 0 saturated heterocycles. The molecule has 0 spiro atoms. The van der Waals surface area contributed by atoms with E-state index in [1.165, 1.54) is 6.07 Å². The first-order valence-electron chi connectivity index (χ1n) is 6.88. The van der Waals surface area contributed by atoms with Crippen molar-refractivity contribution in [3.8, 4) is 0 Å². The Morgan fingerprint density at radius 3 is 2.67 bits per heavy atom. The SMILES string of the molecule is CSCCCCCNC(=O)NCc1cc(C(=O)O)c(C)o1. The maximum absolute atomic E-state index is 11.5. The molecule has 0 aliphatic carbocycles. The summed E-state index contributed by atoms with van der Waals surface area (Å²) in [6.45, 7) is 2.39. The molecule has 0 radical (unpaired) electrons. The van der Waals surface area contributed by atoms with Gasteiger partial charge < -0.3 is 20.2 Å². The number of furan rings is 1. The van der Waals surface area contributed by atoms with Gasteiger partial charge in [-0.1, -0.05) is 6.42 Å². The number of carbonyl (C=O) groups excluding carboxylic acids is 1. The normalized spacial score (nSPS) is 10.4. The van der Waals surface area contributed by atoms with E-state index in [-0.39, 0.29) is 18.1 Å². The molecule has 0 aliphatic heterocycles. The first kappa shape index (κ1) is 17.4. The van der Waals surface area contributed by atoms with Crippen LogP contribution in [0.15, 0.2) is 10.5 Å². The Morgan fingerprint density at radius 2 is 2.05 bits per heavy atom. The van der Waals surface area contributed by atoms with E-state index in [9.17, 15) is 9.59 Å². The molecule has 0 atom stereocenters. The van der Waals surface area contributed by atoms with Gasteiger partial charge in [0.15, 0.2) is 0 Å². The molecule has 0 unspecified atom stereocenters. The summed E-state index contributed by atoms with van der Waals surface area (Å²) < 4.78 is 5.27. The first-order valence-corrected chi connectivity index (χ1v) is 8.27. The number of aromatic carboxylic acids is 1. The van der Waals surface area contributed by atoms with Crippen molar-refractivity contribution >= 4 is 23.8 Å². The van der Waals surface area contributed by atoms with Gasteiger partial charge in [-0.05, 0) is 37.8 Å². The molecule has 0 bridgehead atoms. The summed E-state index contributed by atoms with van der Waals surface area (Å²) in [5, 5.41) is 14.3. The lowest BCUT2D eigenvalue weighted by atomic mass is 10.2. The number of urea groups is 1. The number of carboxylic acid groups (broad SMARTS) is 1. The van der Waals surface area contributed by atoms with E-state index >= 15 is 0 Å². The highest BCUT2D eigenvalue weighted by molar-refractivity contribution is 7.98. The molecule has 6 nitrogen and oxygen atoms in total. The molecule has 3 N–H and O–H groups in total. The van der Waals surface area contributed by atoms with Gasteiger partial charge in [0.05, 0.1) is 6.54 Å². The first-order chi connectivity index (χ1) is 10.0. The largest absolute Gasteiger partial charge is 0.478 e.